The number of nitrogens with one attached hydrogen (secondary N) is 1. The van der Waals surface area contributed by atoms with Crippen LogP contribution in [0.25, 0.3) is 16.8 Å². The fraction of sp³-hybridized carbons (Fsp3) is 0.333. The van der Waals surface area contributed by atoms with Crippen LogP contribution in [0.15, 0.2) is 42.5 Å². The number of likely N-dealkylation sites (tertiary alicyclic amines) is 1. The van der Waals surface area contributed by atoms with Crippen LogP contribution in [0.1, 0.15) is 25.3 Å². The molecule has 0 saturated carbocycles. The first-order valence-corrected chi connectivity index (χ1v) is 8.87. The zero-order valence-electron chi connectivity index (χ0n) is 15.2. The van der Waals surface area contributed by atoms with E-state index < -0.39 is 0 Å². The smallest absolute Gasteiger partial charge is 0.244 e. The highest BCUT2D eigenvalue weighted by atomic mass is 16.5. The first kappa shape index (κ1) is 18.0. The van der Waals surface area contributed by atoms with Crippen LogP contribution in [0.3, 0.4) is 0 Å². The van der Waals surface area contributed by atoms with Crippen molar-refractivity contribution in [2.75, 3.05) is 20.2 Å². The molecular formula is C21H24N2O3. The highest BCUT2D eigenvalue weighted by Gasteiger charge is 2.21. The lowest BCUT2D eigenvalue weighted by molar-refractivity contribution is -0.129. The highest BCUT2D eigenvalue weighted by Crippen LogP contribution is 2.22. The summed E-state index contributed by atoms with van der Waals surface area (Å²) in [5.74, 6) is 0.834. The summed E-state index contributed by atoms with van der Waals surface area (Å²) in [5, 5.41) is 5.22. The summed E-state index contributed by atoms with van der Waals surface area (Å²) in [6.45, 7) is 3.00. The number of carbonyl (C=O) groups excluding carboxylic acids is 2. The van der Waals surface area contributed by atoms with E-state index in [0.717, 1.165) is 34.9 Å². The molecule has 1 heterocycles. The van der Waals surface area contributed by atoms with Crippen molar-refractivity contribution in [3.05, 3.63) is 48.0 Å². The van der Waals surface area contributed by atoms with Gasteiger partial charge in [0, 0.05) is 32.1 Å². The standard InChI is InChI=1S/C21H24N2O3/c1-15(24)23-11-9-19(10-12-23)22-21(25)8-4-16-3-5-18-14-20(26-2)7-6-17(18)13-16/h3-8,13-14,19H,9-12H2,1-2H3,(H,22,25)/b8-4+. The van der Waals surface area contributed by atoms with Crippen molar-refractivity contribution in [1.82, 2.24) is 10.2 Å². The van der Waals surface area contributed by atoms with Gasteiger partial charge in [-0.1, -0.05) is 18.2 Å². The molecule has 0 radical (unpaired) electrons. The Labute approximate surface area is 153 Å². The third-order valence-electron chi connectivity index (χ3n) is 4.79. The van der Waals surface area contributed by atoms with Gasteiger partial charge in [0.15, 0.2) is 0 Å². The van der Waals surface area contributed by atoms with Gasteiger partial charge < -0.3 is 15.0 Å². The Morgan fingerprint density at radius 3 is 2.50 bits per heavy atom. The molecular weight excluding hydrogens is 328 g/mol. The second kappa shape index (κ2) is 8.04. The maximum atomic E-state index is 12.2. The molecule has 136 valence electrons. The van der Waals surface area contributed by atoms with E-state index in [4.69, 9.17) is 4.74 Å². The first-order chi connectivity index (χ1) is 12.5. The van der Waals surface area contributed by atoms with E-state index in [1.54, 1.807) is 20.1 Å². The largest absolute Gasteiger partial charge is 0.497 e. The van der Waals surface area contributed by atoms with Gasteiger partial charge in [0.1, 0.15) is 5.75 Å². The lowest BCUT2D eigenvalue weighted by Crippen LogP contribution is -2.45. The van der Waals surface area contributed by atoms with E-state index >= 15 is 0 Å². The molecule has 2 amide bonds. The van der Waals surface area contributed by atoms with Crippen molar-refractivity contribution in [2.45, 2.75) is 25.8 Å². The van der Waals surface area contributed by atoms with Crippen molar-refractivity contribution in [1.29, 1.82) is 0 Å². The Hall–Kier alpha value is -2.82. The van der Waals surface area contributed by atoms with E-state index in [-0.39, 0.29) is 17.9 Å². The number of rotatable bonds is 4. The van der Waals surface area contributed by atoms with E-state index in [9.17, 15) is 9.59 Å². The molecule has 0 spiro atoms. The minimum Gasteiger partial charge on any atom is -0.497 e. The third-order valence-corrected chi connectivity index (χ3v) is 4.79. The van der Waals surface area contributed by atoms with Gasteiger partial charge in [-0.2, -0.15) is 0 Å². The Morgan fingerprint density at radius 1 is 1.12 bits per heavy atom. The summed E-state index contributed by atoms with van der Waals surface area (Å²) in [4.78, 5) is 25.3. The molecule has 0 bridgehead atoms. The first-order valence-electron chi connectivity index (χ1n) is 8.87. The lowest BCUT2D eigenvalue weighted by atomic mass is 10.0. The summed E-state index contributed by atoms with van der Waals surface area (Å²) in [6.07, 6.45) is 5.00. The van der Waals surface area contributed by atoms with Crippen LogP contribution >= 0.6 is 0 Å². The quantitative estimate of drug-likeness (QED) is 0.861. The van der Waals surface area contributed by atoms with E-state index in [2.05, 4.69) is 5.32 Å². The Balaban J connectivity index is 1.58. The molecule has 1 aliphatic heterocycles. The van der Waals surface area contributed by atoms with Crippen LogP contribution in [0, 0.1) is 0 Å². The maximum absolute atomic E-state index is 12.2. The number of hydrogen-bond acceptors (Lipinski definition) is 3. The summed E-state index contributed by atoms with van der Waals surface area (Å²) in [7, 11) is 1.65. The van der Waals surface area contributed by atoms with Crippen LogP contribution in [-0.2, 0) is 9.59 Å². The average molecular weight is 352 g/mol. The predicted octanol–water partition coefficient (Wildman–Crippen LogP) is 2.99. The topological polar surface area (TPSA) is 58.6 Å². The van der Waals surface area contributed by atoms with Gasteiger partial charge in [0.05, 0.1) is 7.11 Å². The normalized spacial score (nSPS) is 15.4. The van der Waals surface area contributed by atoms with E-state index in [1.807, 2.05) is 47.4 Å². The third kappa shape index (κ3) is 4.42. The van der Waals surface area contributed by atoms with Crippen LogP contribution in [0.2, 0.25) is 0 Å². The van der Waals surface area contributed by atoms with Crippen molar-refractivity contribution in [3.8, 4) is 5.75 Å². The highest BCUT2D eigenvalue weighted by molar-refractivity contribution is 5.93. The second-order valence-electron chi connectivity index (χ2n) is 6.59. The number of nitrogens with zero attached hydrogens (tertiary/aromatic N) is 1. The number of piperidine rings is 1. The van der Waals surface area contributed by atoms with Gasteiger partial charge in [-0.05, 0) is 53.5 Å². The monoisotopic (exact) mass is 352 g/mol. The minimum absolute atomic E-state index is 0.0962. The average Bonchev–Trinajstić information content (AvgIpc) is 2.66. The molecule has 0 unspecified atom stereocenters. The van der Waals surface area contributed by atoms with E-state index in [1.165, 1.54) is 0 Å². The van der Waals surface area contributed by atoms with Crippen LogP contribution in [0.5, 0.6) is 5.75 Å². The molecule has 3 rings (SSSR count). The van der Waals surface area contributed by atoms with Crippen molar-refractivity contribution >= 4 is 28.7 Å². The van der Waals surface area contributed by atoms with Crippen LogP contribution in [0.4, 0.5) is 0 Å². The van der Waals surface area contributed by atoms with Crippen LogP contribution < -0.4 is 10.1 Å². The van der Waals surface area contributed by atoms with Gasteiger partial charge in [0.25, 0.3) is 0 Å². The molecule has 0 aliphatic carbocycles. The lowest BCUT2D eigenvalue weighted by Gasteiger charge is -2.31. The number of amides is 2. The Kier molecular flexibility index (Phi) is 5.56. The van der Waals surface area contributed by atoms with Gasteiger partial charge in [-0.15, -0.1) is 0 Å². The zero-order valence-corrected chi connectivity index (χ0v) is 15.2. The fourth-order valence-corrected chi connectivity index (χ4v) is 3.23. The molecule has 5 nitrogen and oxygen atoms in total. The van der Waals surface area contributed by atoms with Crippen molar-refractivity contribution in [2.24, 2.45) is 0 Å². The van der Waals surface area contributed by atoms with Gasteiger partial charge in [-0.25, -0.2) is 0 Å². The number of benzene rings is 2. The molecule has 26 heavy (non-hydrogen) atoms. The van der Waals surface area contributed by atoms with Gasteiger partial charge in [-0.3, -0.25) is 9.59 Å². The number of ether oxygens (including phenoxy) is 1. The molecule has 1 aliphatic rings. The molecule has 1 fully saturated rings. The summed E-state index contributed by atoms with van der Waals surface area (Å²) in [5.41, 5.74) is 0.976. The fourth-order valence-electron chi connectivity index (χ4n) is 3.23. The molecule has 2 aromatic carbocycles. The van der Waals surface area contributed by atoms with E-state index in [0.29, 0.717) is 13.1 Å². The minimum atomic E-state index is -0.0962. The molecule has 0 atom stereocenters. The number of carbonyl (C=O) groups is 2. The van der Waals surface area contributed by atoms with Crippen molar-refractivity contribution < 1.29 is 14.3 Å². The molecule has 1 N–H and O–H groups in total. The molecule has 0 aromatic heterocycles. The Bertz CT molecular complexity index is 836. The second-order valence-corrected chi connectivity index (χ2v) is 6.59. The summed E-state index contributed by atoms with van der Waals surface area (Å²) < 4.78 is 5.23. The SMILES string of the molecule is COc1ccc2cc(/C=C/C(=O)NC3CCN(C(C)=O)CC3)ccc2c1. The molecule has 5 heteroatoms. The summed E-state index contributed by atoms with van der Waals surface area (Å²) in [6, 6.07) is 12.1. The number of methoxy groups -OCH3 is 1. The van der Waals surface area contributed by atoms with Gasteiger partial charge >= 0.3 is 0 Å². The van der Waals surface area contributed by atoms with Crippen LogP contribution in [-0.4, -0.2) is 43.0 Å². The Morgan fingerprint density at radius 2 is 1.81 bits per heavy atom. The number of fused-ring (bicyclic) bond motifs is 1. The molecule has 1 saturated heterocycles. The predicted molar refractivity (Wildman–Crippen MR) is 103 cm³/mol. The van der Waals surface area contributed by atoms with Crippen molar-refractivity contribution in [3.63, 3.8) is 0 Å². The zero-order chi connectivity index (χ0) is 18.5. The maximum Gasteiger partial charge on any atom is 0.244 e. The number of hydrogen-bond donors (Lipinski definition) is 1. The molecule has 2 aromatic rings. The van der Waals surface area contributed by atoms with Gasteiger partial charge in [0.2, 0.25) is 11.8 Å². The summed E-state index contributed by atoms with van der Waals surface area (Å²) >= 11 is 0.